The van der Waals surface area contributed by atoms with Gasteiger partial charge in [0.1, 0.15) is 0 Å². The molecule has 210 valence electrons. The van der Waals surface area contributed by atoms with Gasteiger partial charge in [0.05, 0.1) is 19.8 Å². The minimum absolute atomic E-state index is 0. The molecule has 0 radical (unpaired) electrons. The fourth-order valence-corrected chi connectivity index (χ4v) is 4.56. The van der Waals surface area contributed by atoms with Crippen LogP contribution in [0.3, 0.4) is 0 Å². The van der Waals surface area contributed by atoms with E-state index in [1.165, 1.54) is 103 Å². The second-order valence-electron chi connectivity index (χ2n) is 9.54. The molecule has 7 heteroatoms. The first kappa shape index (κ1) is 38.2. The molecule has 0 spiro atoms. The third-order valence-electron chi connectivity index (χ3n) is 6.56. The summed E-state index contributed by atoms with van der Waals surface area (Å²) in [6.07, 6.45) is 24.2. The Balaban J connectivity index is -0.00000480. The highest BCUT2D eigenvalue weighted by atomic mass is 19.0. The van der Waals surface area contributed by atoms with Crippen LogP contribution in [-0.4, -0.2) is 72.3 Å². The van der Waals surface area contributed by atoms with Crippen molar-refractivity contribution >= 4 is 0 Å². The van der Waals surface area contributed by atoms with Gasteiger partial charge in [0.2, 0.25) is 0 Å². The van der Waals surface area contributed by atoms with Crippen molar-refractivity contribution in [3.8, 4) is 0 Å². The quantitative estimate of drug-likeness (QED) is 0.111. The van der Waals surface area contributed by atoms with E-state index in [1.54, 1.807) is 0 Å². The molecule has 0 rings (SSSR count). The Hall–Kier alpha value is -0.340. The standard InChI is InChI=1S/C27H58N2O3.2FH/c1-2-3-4-5-6-7-8-9-10-11-12-13-14-15-16-18-27(28-20-24-30)19-17-21-29(22-25-31)23-26-32;;/h27-28,30-32H,2-26H2,1H3;2*1H. The lowest BCUT2D eigenvalue weighted by atomic mass is 10.0. The van der Waals surface area contributed by atoms with Gasteiger partial charge < -0.3 is 20.6 Å². The Morgan fingerprint density at radius 2 is 0.941 bits per heavy atom. The molecular formula is C27H60F2N2O3. The van der Waals surface area contributed by atoms with E-state index >= 15 is 0 Å². The molecule has 0 fully saturated rings. The van der Waals surface area contributed by atoms with E-state index in [0.29, 0.717) is 25.7 Å². The van der Waals surface area contributed by atoms with Crippen molar-refractivity contribution in [1.82, 2.24) is 10.2 Å². The van der Waals surface area contributed by atoms with Gasteiger partial charge in [-0.05, 0) is 25.8 Å². The number of unbranched alkanes of at least 4 members (excludes halogenated alkanes) is 14. The van der Waals surface area contributed by atoms with Crippen LogP contribution in [0.25, 0.3) is 0 Å². The van der Waals surface area contributed by atoms with Crippen molar-refractivity contribution in [2.45, 2.75) is 129 Å². The average molecular weight is 499 g/mol. The first-order valence-electron chi connectivity index (χ1n) is 14.1. The number of hydrogen-bond acceptors (Lipinski definition) is 5. The summed E-state index contributed by atoms with van der Waals surface area (Å²) in [4.78, 5) is 2.12. The molecule has 0 aromatic heterocycles. The van der Waals surface area contributed by atoms with Gasteiger partial charge in [-0.25, -0.2) is 0 Å². The van der Waals surface area contributed by atoms with Gasteiger partial charge in [0.15, 0.2) is 0 Å². The van der Waals surface area contributed by atoms with Crippen molar-refractivity contribution in [1.29, 1.82) is 0 Å². The zero-order chi connectivity index (χ0) is 23.5. The maximum absolute atomic E-state index is 9.15. The fraction of sp³-hybridized carbons (Fsp3) is 1.00. The molecule has 0 aliphatic rings. The molecule has 4 N–H and O–H groups in total. The van der Waals surface area contributed by atoms with Crippen LogP contribution in [-0.2, 0) is 0 Å². The second kappa shape index (κ2) is 32.7. The summed E-state index contributed by atoms with van der Waals surface area (Å²) in [5.41, 5.74) is 0. The van der Waals surface area contributed by atoms with Crippen molar-refractivity contribution in [2.24, 2.45) is 0 Å². The molecule has 0 aliphatic carbocycles. The zero-order valence-corrected chi connectivity index (χ0v) is 22.4. The molecule has 0 aliphatic heterocycles. The molecule has 34 heavy (non-hydrogen) atoms. The highest BCUT2D eigenvalue weighted by Crippen LogP contribution is 2.15. The topological polar surface area (TPSA) is 76.0 Å². The number of aliphatic hydroxyl groups excluding tert-OH is 3. The van der Waals surface area contributed by atoms with E-state index in [9.17, 15) is 0 Å². The molecule has 5 nitrogen and oxygen atoms in total. The van der Waals surface area contributed by atoms with E-state index < -0.39 is 0 Å². The van der Waals surface area contributed by atoms with Gasteiger partial charge in [-0.15, -0.1) is 0 Å². The normalized spacial score (nSPS) is 11.9. The minimum Gasteiger partial charge on any atom is -0.395 e. The predicted molar refractivity (Wildman–Crippen MR) is 143 cm³/mol. The first-order valence-corrected chi connectivity index (χ1v) is 14.1. The van der Waals surface area contributed by atoms with Crippen LogP contribution < -0.4 is 5.32 Å². The van der Waals surface area contributed by atoms with Gasteiger partial charge >= 0.3 is 0 Å². The molecule has 0 aromatic carbocycles. The number of aliphatic hydroxyl groups is 3. The molecule has 0 aromatic rings. The SMILES string of the molecule is CCCCCCCCCCCCCCCCCC(CCCN(CCO)CCO)NCCO.F.F. The molecular weight excluding hydrogens is 438 g/mol. The first-order chi connectivity index (χ1) is 15.8. The lowest BCUT2D eigenvalue weighted by Gasteiger charge is -2.23. The zero-order valence-electron chi connectivity index (χ0n) is 22.4. The van der Waals surface area contributed by atoms with E-state index in [0.717, 1.165) is 19.4 Å². The Labute approximate surface area is 209 Å². The molecule has 0 heterocycles. The van der Waals surface area contributed by atoms with Crippen molar-refractivity contribution in [2.75, 3.05) is 46.0 Å². The van der Waals surface area contributed by atoms with E-state index in [2.05, 4.69) is 17.1 Å². The lowest BCUT2D eigenvalue weighted by molar-refractivity contribution is 0.157. The summed E-state index contributed by atoms with van der Waals surface area (Å²) >= 11 is 0. The van der Waals surface area contributed by atoms with E-state index in [-0.39, 0.29) is 29.2 Å². The lowest BCUT2D eigenvalue weighted by Crippen LogP contribution is -2.34. The fourth-order valence-electron chi connectivity index (χ4n) is 4.56. The molecule has 1 unspecified atom stereocenters. The van der Waals surface area contributed by atoms with Crippen LogP contribution in [0.15, 0.2) is 0 Å². The Morgan fingerprint density at radius 1 is 0.529 bits per heavy atom. The molecule has 0 saturated carbocycles. The molecule has 1 atom stereocenters. The summed E-state index contributed by atoms with van der Waals surface area (Å²) < 4.78 is 0. The summed E-state index contributed by atoms with van der Waals surface area (Å²) in [5.74, 6) is 0. The van der Waals surface area contributed by atoms with Crippen LogP contribution in [0.2, 0.25) is 0 Å². The second-order valence-corrected chi connectivity index (χ2v) is 9.54. The van der Waals surface area contributed by atoms with Crippen molar-refractivity contribution in [3.05, 3.63) is 0 Å². The Morgan fingerprint density at radius 3 is 1.35 bits per heavy atom. The largest absolute Gasteiger partial charge is 0.395 e. The number of nitrogens with one attached hydrogen (secondary N) is 1. The van der Waals surface area contributed by atoms with Crippen LogP contribution in [0.4, 0.5) is 9.41 Å². The van der Waals surface area contributed by atoms with Gasteiger partial charge in [-0.1, -0.05) is 103 Å². The average Bonchev–Trinajstić information content (AvgIpc) is 2.79. The predicted octanol–water partition coefficient (Wildman–Crippen LogP) is 5.57. The van der Waals surface area contributed by atoms with Crippen molar-refractivity contribution < 1.29 is 24.7 Å². The minimum atomic E-state index is 0. The summed E-state index contributed by atoms with van der Waals surface area (Å²) in [7, 11) is 0. The summed E-state index contributed by atoms with van der Waals surface area (Å²) in [6, 6.07) is 0.467. The van der Waals surface area contributed by atoms with Crippen molar-refractivity contribution in [3.63, 3.8) is 0 Å². The highest BCUT2D eigenvalue weighted by Gasteiger charge is 2.10. The molecule has 0 amide bonds. The Bertz CT molecular complexity index is 350. The summed E-state index contributed by atoms with van der Waals surface area (Å²) in [5, 5.41) is 30.9. The summed E-state index contributed by atoms with van der Waals surface area (Å²) in [6.45, 7) is 5.61. The third-order valence-corrected chi connectivity index (χ3v) is 6.56. The van der Waals surface area contributed by atoms with Crippen LogP contribution in [0, 0.1) is 0 Å². The third kappa shape index (κ3) is 27.9. The maximum atomic E-state index is 9.15. The van der Waals surface area contributed by atoms with Crippen LogP contribution >= 0.6 is 0 Å². The van der Waals surface area contributed by atoms with Gasteiger partial charge in [0, 0.05) is 25.7 Å². The maximum Gasteiger partial charge on any atom is 0.0558 e. The number of rotatable bonds is 27. The van der Waals surface area contributed by atoms with Crippen LogP contribution in [0.1, 0.15) is 122 Å². The smallest absolute Gasteiger partial charge is 0.0558 e. The van der Waals surface area contributed by atoms with E-state index in [1.807, 2.05) is 0 Å². The highest BCUT2D eigenvalue weighted by molar-refractivity contribution is 4.69. The van der Waals surface area contributed by atoms with Crippen LogP contribution in [0.5, 0.6) is 0 Å². The molecule has 0 bridgehead atoms. The Kier molecular flexibility index (Phi) is 36.7. The van der Waals surface area contributed by atoms with Gasteiger partial charge in [-0.3, -0.25) is 14.3 Å². The number of nitrogens with zero attached hydrogens (tertiary/aromatic N) is 1. The monoisotopic (exact) mass is 498 g/mol. The molecule has 0 saturated heterocycles. The number of halogens is 2. The van der Waals surface area contributed by atoms with Gasteiger partial charge in [0.25, 0.3) is 0 Å². The van der Waals surface area contributed by atoms with E-state index in [4.69, 9.17) is 15.3 Å². The number of hydrogen-bond donors (Lipinski definition) is 4. The van der Waals surface area contributed by atoms with Gasteiger partial charge in [-0.2, -0.15) is 0 Å².